The van der Waals surface area contributed by atoms with Crippen LogP contribution in [0.2, 0.25) is 5.02 Å². The first kappa shape index (κ1) is 23.1. The first-order chi connectivity index (χ1) is 15.1. The van der Waals surface area contributed by atoms with Gasteiger partial charge in [0.15, 0.2) is 10.7 Å². The van der Waals surface area contributed by atoms with Crippen LogP contribution in [0.1, 0.15) is 32.6 Å². The number of piperidine rings is 1. The van der Waals surface area contributed by atoms with Crippen molar-refractivity contribution in [2.24, 2.45) is 0 Å². The highest BCUT2D eigenvalue weighted by Gasteiger charge is 2.41. The molecule has 0 amide bonds. The molecule has 1 unspecified atom stereocenters. The molecule has 1 aromatic carbocycles. The van der Waals surface area contributed by atoms with Crippen LogP contribution in [0.3, 0.4) is 0 Å². The molecule has 32 heavy (non-hydrogen) atoms. The predicted molar refractivity (Wildman–Crippen MR) is 117 cm³/mol. The van der Waals surface area contributed by atoms with E-state index in [-0.39, 0.29) is 11.2 Å². The lowest BCUT2D eigenvalue weighted by Crippen LogP contribution is -2.50. The molecule has 6 nitrogen and oxygen atoms in total. The van der Waals surface area contributed by atoms with Gasteiger partial charge in [-0.3, -0.25) is 9.62 Å². The van der Waals surface area contributed by atoms with Gasteiger partial charge in [0.1, 0.15) is 16.7 Å². The zero-order chi connectivity index (χ0) is 23.1. The Morgan fingerprint density at radius 2 is 1.84 bits per heavy atom. The van der Waals surface area contributed by atoms with Crippen molar-refractivity contribution in [3.05, 3.63) is 46.9 Å². The van der Waals surface area contributed by atoms with Crippen molar-refractivity contribution >= 4 is 33.1 Å². The molecular formula is C21H24ClF3N4O2S. The number of sulfonamides is 1. The van der Waals surface area contributed by atoms with Gasteiger partial charge < -0.3 is 4.90 Å². The van der Waals surface area contributed by atoms with Gasteiger partial charge in [-0.15, -0.1) is 0 Å². The molecule has 1 atom stereocenters. The van der Waals surface area contributed by atoms with Gasteiger partial charge in [-0.2, -0.15) is 4.39 Å². The SMILES string of the molecule is CC1(N2CCCCC2)CCN(c2cc(F)c(S(=O)(=O)Nc3cccc(F)n3)c(F)c2Cl)C1. The molecule has 1 N–H and O–H groups in total. The molecular weight excluding hydrogens is 465 g/mol. The van der Waals surface area contributed by atoms with E-state index in [1.54, 1.807) is 4.90 Å². The van der Waals surface area contributed by atoms with Crippen LogP contribution in [-0.4, -0.2) is 50.0 Å². The summed E-state index contributed by atoms with van der Waals surface area (Å²) in [6.45, 7) is 5.18. The first-order valence-corrected chi connectivity index (χ1v) is 12.3. The maximum Gasteiger partial charge on any atom is 0.268 e. The van der Waals surface area contributed by atoms with Crippen molar-refractivity contribution in [2.45, 2.75) is 43.0 Å². The van der Waals surface area contributed by atoms with Gasteiger partial charge >= 0.3 is 0 Å². The largest absolute Gasteiger partial charge is 0.368 e. The summed E-state index contributed by atoms with van der Waals surface area (Å²) in [5.74, 6) is -4.01. The van der Waals surface area contributed by atoms with Gasteiger partial charge in [-0.05, 0) is 51.4 Å². The van der Waals surface area contributed by atoms with Gasteiger partial charge in [0.2, 0.25) is 5.95 Å². The van der Waals surface area contributed by atoms with Crippen molar-refractivity contribution in [3.63, 3.8) is 0 Å². The highest BCUT2D eigenvalue weighted by molar-refractivity contribution is 7.92. The molecule has 4 rings (SSSR count). The van der Waals surface area contributed by atoms with E-state index in [2.05, 4.69) is 16.8 Å². The van der Waals surface area contributed by atoms with Crippen LogP contribution in [-0.2, 0) is 10.0 Å². The van der Waals surface area contributed by atoms with Gasteiger partial charge in [-0.25, -0.2) is 22.2 Å². The number of nitrogens with one attached hydrogen (secondary N) is 1. The summed E-state index contributed by atoms with van der Waals surface area (Å²) in [7, 11) is -4.73. The molecule has 2 fully saturated rings. The number of aromatic nitrogens is 1. The van der Waals surface area contributed by atoms with Crippen LogP contribution in [0, 0.1) is 17.6 Å². The molecule has 0 bridgehead atoms. The van der Waals surface area contributed by atoms with E-state index in [9.17, 15) is 17.2 Å². The Morgan fingerprint density at radius 3 is 2.53 bits per heavy atom. The molecule has 2 aromatic rings. The molecule has 1 aromatic heterocycles. The zero-order valence-corrected chi connectivity index (χ0v) is 19.1. The van der Waals surface area contributed by atoms with Crippen molar-refractivity contribution in [2.75, 3.05) is 35.8 Å². The average Bonchev–Trinajstić information content (AvgIpc) is 3.14. The predicted octanol–water partition coefficient (Wildman–Crippen LogP) is 4.41. The minimum atomic E-state index is -4.73. The molecule has 0 spiro atoms. The number of likely N-dealkylation sites (tertiary alicyclic amines) is 1. The number of halogens is 4. The second-order valence-electron chi connectivity index (χ2n) is 8.50. The van der Waals surface area contributed by atoms with E-state index in [0.29, 0.717) is 13.1 Å². The highest BCUT2D eigenvalue weighted by atomic mass is 35.5. The Hall–Kier alpha value is -2.04. The summed E-state index contributed by atoms with van der Waals surface area (Å²) in [6, 6.07) is 4.34. The van der Waals surface area contributed by atoms with Crippen LogP contribution in [0.4, 0.5) is 24.7 Å². The minimum Gasteiger partial charge on any atom is -0.368 e. The van der Waals surface area contributed by atoms with Crippen LogP contribution < -0.4 is 9.62 Å². The van der Waals surface area contributed by atoms with Crippen molar-refractivity contribution in [3.8, 4) is 0 Å². The second-order valence-corrected chi connectivity index (χ2v) is 10.5. The molecule has 2 aliphatic rings. The smallest absolute Gasteiger partial charge is 0.268 e. The summed E-state index contributed by atoms with van der Waals surface area (Å²) in [6.07, 6.45) is 4.26. The Bertz CT molecular complexity index is 1130. The van der Waals surface area contributed by atoms with Gasteiger partial charge in [0.25, 0.3) is 10.0 Å². The minimum absolute atomic E-state index is 0.116. The lowest BCUT2D eigenvalue weighted by atomic mass is 9.95. The molecule has 0 saturated carbocycles. The summed E-state index contributed by atoms with van der Waals surface area (Å²) in [5.41, 5.74) is -0.0308. The third-order valence-corrected chi connectivity index (χ3v) is 7.98. The number of anilines is 2. The summed E-state index contributed by atoms with van der Waals surface area (Å²) < 4.78 is 70.4. The van der Waals surface area contributed by atoms with E-state index in [1.165, 1.54) is 12.5 Å². The number of hydrogen-bond donors (Lipinski definition) is 1. The highest BCUT2D eigenvalue weighted by Crippen LogP contribution is 2.39. The van der Waals surface area contributed by atoms with Crippen molar-refractivity contribution in [1.82, 2.24) is 9.88 Å². The van der Waals surface area contributed by atoms with Gasteiger partial charge in [0, 0.05) is 24.7 Å². The Balaban J connectivity index is 1.62. The maximum absolute atomic E-state index is 15.1. The fraction of sp³-hybridized carbons (Fsp3) is 0.476. The van der Waals surface area contributed by atoms with E-state index < -0.39 is 43.3 Å². The van der Waals surface area contributed by atoms with Crippen LogP contribution in [0.15, 0.2) is 29.2 Å². The Morgan fingerprint density at radius 1 is 1.12 bits per heavy atom. The fourth-order valence-corrected chi connectivity index (χ4v) is 6.01. The third-order valence-electron chi connectivity index (χ3n) is 6.23. The molecule has 11 heteroatoms. The van der Waals surface area contributed by atoms with Gasteiger partial charge in [0.05, 0.1) is 5.69 Å². The fourth-order valence-electron chi connectivity index (χ4n) is 4.54. The maximum atomic E-state index is 15.1. The quantitative estimate of drug-likeness (QED) is 0.499. The van der Waals surface area contributed by atoms with Crippen molar-refractivity contribution < 1.29 is 21.6 Å². The molecule has 174 valence electrons. The van der Waals surface area contributed by atoms with Crippen molar-refractivity contribution in [1.29, 1.82) is 0 Å². The monoisotopic (exact) mass is 488 g/mol. The number of rotatable bonds is 5. The topological polar surface area (TPSA) is 65.5 Å². The molecule has 2 saturated heterocycles. The Kier molecular flexibility index (Phi) is 6.30. The van der Waals surface area contributed by atoms with E-state index >= 15 is 4.39 Å². The van der Waals surface area contributed by atoms with E-state index in [4.69, 9.17) is 11.6 Å². The summed E-state index contributed by atoms with van der Waals surface area (Å²) in [5, 5.41) is -0.470. The van der Waals surface area contributed by atoms with Crippen LogP contribution >= 0.6 is 11.6 Å². The number of benzene rings is 1. The number of pyridine rings is 1. The third kappa shape index (κ3) is 4.40. The van der Waals surface area contributed by atoms with Gasteiger partial charge in [-0.1, -0.05) is 24.1 Å². The summed E-state index contributed by atoms with van der Waals surface area (Å²) in [4.78, 5) is 6.33. The molecule has 0 radical (unpaired) electrons. The average molecular weight is 489 g/mol. The zero-order valence-electron chi connectivity index (χ0n) is 17.5. The summed E-state index contributed by atoms with van der Waals surface area (Å²) >= 11 is 6.20. The molecule has 0 aliphatic carbocycles. The van der Waals surface area contributed by atoms with Crippen LogP contribution in [0.25, 0.3) is 0 Å². The lowest BCUT2D eigenvalue weighted by Gasteiger charge is -2.41. The second kappa shape index (κ2) is 8.72. The van der Waals surface area contributed by atoms with E-state index in [1.807, 2.05) is 4.72 Å². The van der Waals surface area contributed by atoms with Crippen LogP contribution in [0.5, 0.6) is 0 Å². The van der Waals surface area contributed by atoms with E-state index in [0.717, 1.165) is 50.6 Å². The molecule has 2 aliphatic heterocycles. The first-order valence-electron chi connectivity index (χ1n) is 10.4. The Labute approximate surface area is 190 Å². The lowest BCUT2D eigenvalue weighted by molar-refractivity contribution is 0.0978. The normalized spacial score (nSPS) is 22.3. The standard InChI is InChI=1S/C21H24ClF3N4O2S/c1-21(29-9-3-2-4-10-29)8-11-28(13-21)15-12-14(23)20(19(25)18(15)22)32(30,31)27-17-7-5-6-16(24)26-17/h5-7,12H,2-4,8-11,13H2,1H3,(H,26,27). The molecule has 3 heterocycles. The number of hydrogen-bond acceptors (Lipinski definition) is 5. The number of nitrogens with zero attached hydrogens (tertiary/aromatic N) is 3.